The second kappa shape index (κ2) is 6.75. The van der Waals surface area contributed by atoms with Crippen molar-refractivity contribution in [3.05, 3.63) is 96.6 Å². The second-order valence-corrected chi connectivity index (χ2v) is 8.28. The standard InChI is InChI=1S/C27H18N2S/c1-17-6-7-21-16-23(11-9-20(21)14-17)25-13-12-24(26-27(25)29-30-28-26)22-10-8-18-4-2-3-5-19(18)15-22/h2-16H,1H3. The van der Waals surface area contributed by atoms with E-state index in [9.17, 15) is 0 Å². The summed E-state index contributed by atoms with van der Waals surface area (Å²) in [5.74, 6) is 0. The number of aromatic nitrogens is 2. The maximum absolute atomic E-state index is 4.67. The molecule has 6 aromatic rings. The fourth-order valence-corrected chi connectivity index (χ4v) is 4.80. The Morgan fingerprint density at radius 1 is 0.533 bits per heavy atom. The van der Waals surface area contributed by atoms with Crippen LogP contribution in [0.5, 0.6) is 0 Å². The van der Waals surface area contributed by atoms with Gasteiger partial charge >= 0.3 is 0 Å². The van der Waals surface area contributed by atoms with E-state index in [-0.39, 0.29) is 0 Å². The fourth-order valence-electron chi connectivity index (χ4n) is 4.22. The lowest BCUT2D eigenvalue weighted by atomic mass is 9.95. The Kier molecular flexibility index (Phi) is 3.90. The van der Waals surface area contributed by atoms with Gasteiger partial charge in [0.05, 0.1) is 11.7 Å². The Morgan fingerprint density at radius 2 is 1.07 bits per heavy atom. The molecule has 30 heavy (non-hydrogen) atoms. The van der Waals surface area contributed by atoms with Gasteiger partial charge in [-0.15, -0.1) is 0 Å². The van der Waals surface area contributed by atoms with Gasteiger partial charge in [0, 0.05) is 11.1 Å². The zero-order chi connectivity index (χ0) is 20.1. The zero-order valence-electron chi connectivity index (χ0n) is 16.5. The van der Waals surface area contributed by atoms with E-state index in [4.69, 9.17) is 0 Å². The molecule has 3 heteroatoms. The molecule has 5 aromatic carbocycles. The van der Waals surface area contributed by atoms with Crippen molar-refractivity contribution in [2.45, 2.75) is 6.92 Å². The third-order valence-corrected chi connectivity index (χ3v) is 6.31. The summed E-state index contributed by atoms with van der Waals surface area (Å²) in [6, 6.07) is 32.6. The molecule has 6 rings (SSSR count). The van der Waals surface area contributed by atoms with Crippen LogP contribution in [0.4, 0.5) is 0 Å². The molecule has 0 aliphatic rings. The lowest BCUT2D eigenvalue weighted by Crippen LogP contribution is -1.86. The first-order chi connectivity index (χ1) is 14.8. The maximum atomic E-state index is 4.67. The zero-order valence-corrected chi connectivity index (χ0v) is 17.3. The van der Waals surface area contributed by atoms with Crippen molar-refractivity contribution in [1.29, 1.82) is 0 Å². The first kappa shape index (κ1) is 17.3. The lowest BCUT2D eigenvalue weighted by Gasteiger charge is -2.09. The summed E-state index contributed by atoms with van der Waals surface area (Å²) < 4.78 is 9.33. The largest absolute Gasteiger partial charge is 0.172 e. The number of rotatable bonds is 2. The van der Waals surface area contributed by atoms with Crippen molar-refractivity contribution in [2.24, 2.45) is 0 Å². The van der Waals surface area contributed by atoms with Crippen LogP contribution in [0.25, 0.3) is 54.8 Å². The average Bonchev–Trinajstić information content (AvgIpc) is 3.28. The van der Waals surface area contributed by atoms with Crippen LogP contribution in [-0.4, -0.2) is 8.75 Å². The molecule has 0 aliphatic carbocycles. The summed E-state index contributed by atoms with van der Waals surface area (Å²) in [7, 11) is 0. The molecular formula is C27H18N2S. The smallest absolute Gasteiger partial charge is 0.113 e. The van der Waals surface area contributed by atoms with Crippen molar-refractivity contribution in [2.75, 3.05) is 0 Å². The number of hydrogen-bond acceptors (Lipinski definition) is 3. The van der Waals surface area contributed by atoms with Gasteiger partial charge in [0.25, 0.3) is 0 Å². The Labute approximate surface area is 178 Å². The van der Waals surface area contributed by atoms with Crippen LogP contribution < -0.4 is 0 Å². The van der Waals surface area contributed by atoms with Gasteiger partial charge in [0.1, 0.15) is 11.0 Å². The van der Waals surface area contributed by atoms with Gasteiger partial charge in [-0.3, -0.25) is 0 Å². The summed E-state index contributed by atoms with van der Waals surface area (Å²) in [5, 5.41) is 4.99. The van der Waals surface area contributed by atoms with Crippen molar-refractivity contribution in [1.82, 2.24) is 8.75 Å². The molecule has 0 saturated heterocycles. The minimum Gasteiger partial charge on any atom is -0.172 e. The molecule has 0 radical (unpaired) electrons. The lowest BCUT2D eigenvalue weighted by molar-refractivity contribution is 1.50. The van der Waals surface area contributed by atoms with Crippen LogP contribution in [-0.2, 0) is 0 Å². The highest BCUT2D eigenvalue weighted by Crippen LogP contribution is 2.36. The molecule has 1 heterocycles. The third kappa shape index (κ3) is 2.78. The van der Waals surface area contributed by atoms with Gasteiger partial charge in [0.15, 0.2) is 0 Å². The van der Waals surface area contributed by atoms with Crippen molar-refractivity contribution in [3.63, 3.8) is 0 Å². The molecule has 1 aromatic heterocycles. The van der Waals surface area contributed by atoms with Gasteiger partial charge in [-0.05, 0) is 51.7 Å². The molecule has 0 saturated carbocycles. The number of hydrogen-bond donors (Lipinski definition) is 0. The van der Waals surface area contributed by atoms with E-state index in [1.54, 1.807) is 0 Å². The average molecular weight is 403 g/mol. The molecule has 0 atom stereocenters. The van der Waals surface area contributed by atoms with E-state index >= 15 is 0 Å². The number of aryl methyl sites for hydroxylation is 1. The Balaban J connectivity index is 1.53. The topological polar surface area (TPSA) is 25.8 Å². The fraction of sp³-hybridized carbons (Fsp3) is 0.0370. The van der Waals surface area contributed by atoms with Gasteiger partial charge in [-0.1, -0.05) is 84.4 Å². The van der Waals surface area contributed by atoms with Crippen LogP contribution in [0.3, 0.4) is 0 Å². The minimum absolute atomic E-state index is 0.969. The van der Waals surface area contributed by atoms with Gasteiger partial charge in [0.2, 0.25) is 0 Å². The molecular weight excluding hydrogens is 384 g/mol. The monoisotopic (exact) mass is 402 g/mol. The first-order valence-electron chi connectivity index (χ1n) is 10.0. The molecule has 0 aliphatic heterocycles. The Bertz CT molecular complexity index is 1560. The highest BCUT2D eigenvalue weighted by Gasteiger charge is 2.14. The minimum atomic E-state index is 0.969. The van der Waals surface area contributed by atoms with Crippen molar-refractivity contribution < 1.29 is 0 Å². The summed E-state index contributed by atoms with van der Waals surface area (Å²) in [5.41, 5.74) is 7.83. The third-order valence-electron chi connectivity index (χ3n) is 5.78. The van der Waals surface area contributed by atoms with E-state index in [0.29, 0.717) is 0 Å². The maximum Gasteiger partial charge on any atom is 0.113 e. The quantitative estimate of drug-likeness (QED) is 0.297. The van der Waals surface area contributed by atoms with Crippen LogP contribution in [0.15, 0.2) is 91.0 Å². The van der Waals surface area contributed by atoms with Crippen LogP contribution in [0.2, 0.25) is 0 Å². The number of fused-ring (bicyclic) bond motifs is 3. The highest BCUT2D eigenvalue weighted by molar-refractivity contribution is 7.00. The molecule has 0 bridgehead atoms. The highest BCUT2D eigenvalue weighted by atomic mass is 32.1. The summed E-state index contributed by atoms with van der Waals surface area (Å²) in [6.07, 6.45) is 0. The Hall–Kier alpha value is -3.56. The molecule has 0 fully saturated rings. The summed E-state index contributed by atoms with van der Waals surface area (Å²) in [4.78, 5) is 0. The second-order valence-electron chi connectivity index (χ2n) is 7.75. The van der Waals surface area contributed by atoms with Gasteiger partial charge < -0.3 is 0 Å². The number of benzene rings is 5. The summed E-state index contributed by atoms with van der Waals surface area (Å²) in [6.45, 7) is 2.13. The van der Waals surface area contributed by atoms with Crippen LogP contribution in [0.1, 0.15) is 5.56 Å². The van der Waals surface area contributed by atoms with Crippen molar-refractivity contribution >= 4 is 44.3 Å². The van der Waals surface area contributed by atoms with Crippen LogP contribution in [0, 0.1) is 6.92 Å². The van der Waals surface area contributed by atoms with E-state index in [1.807, 2.05) is 0 Å². The normalized spacial score (nSPS) is 11.5. The molecule has 0 spiro atoms. The predicted octanol–water partition coefficient (Wildman–Crippen LogP) is 7.64. The van der Waals surface area contributed by atoms with E-state index < -0.39 is 0 Å². The predicted molar refractivity (Wildman–Crippen MR) is 128 cm³/mol. The van der Waals surface area contributed by atoms with Crippen LogP contribution >= 0.6 is 11.7 Å². The van der Waals surface area contributed by atoms with Gasteiger partial charge in [-0.25, -0.2) is 0 Å². The molecule has 2 nitrogen and oxygen atoms in total. The Morgan fingerprint density at radius 3 is 1.77 bits per heavy atom. The molecule has 142 valence electrons. The van der Waals surface area contributed by atoms with Crippen molar-refractivity contribution in [3.8, 4) is 22.3 Å². The van der Waals surface area contributed by atoms with Gasteiger partial charge in [-0.2, -0.15) is 8.75 Å². The van der Waals surface area contributed by atoms with E-state index in [1.165, 1.54) is 50.0 Å². The molecule has 0 N–H and O–H groups in total. The first-order valence-corrected chi connectivity index (χ1v) is 10.7. The summed E-state index contributed by atoms with van der Waals surface area (Å²) >= 11 is 1.28. The SMILES string of the molecule is Cc1ccc2cc(-c3ccc(-c4ccc5ccccc5c4)c4nsnc34)ccc2c1. The number of nitrogens with zero attached hydrogens (tertiary/aromatic N) is 2. The molecule has 0 unspecified atom stereocenters. The molecule has 0 amide bonds. The van der Waals surface area contributed by atoms with E-state index in [0.717, 1.165) is 22.2 Å². The van der Waals surface area contributed by atoms with E-state index in [2.05, 4.69) is 107 Å².